The third-order valence-electron chi connectivity index (χ3n) is 4.25. The molecule has 0 spiro atoms. The normalized spacial score (nSPS) is 20.0. The van der Waals surface area contributed by atoms with Crippen LogP contribution in [0.5, 0.6) is 0 Å². The molecule has 3 atom stereocenters. The molecule has 0 aromatic heterocycles. The SMILES string of the molecule is CC(c1ccc(S(C)=O)cc1)N(C)C(=O)CC1CCCN1.Cl. The first-order valence-electron chi connectivity index (χ1n) is 7.41. The van der Waals surface area contributed by atoms with Crippen molar-refractivity contribution in [2.24, 2.45) is 0 Å². The van der Waals surface area contributed by atoms with Crippen LogP contribution in [0.1, 0.15) is 37.8 Å². The molecule has 0 aliphatic carbocycles. The predicted octanol–water partition coefficient (Wildman–Crippen LogP) is 2.51. The lowest BCUT2D eigenvalue weighted by molar-refractivity contribution is -0.132. The van der Waals surface area contributed by atoms with Gasteiger partial charge in [-0.25, -0.2) is 0 Å². The molecule has 1 aromatic carbocycles. The molecule has 124 valence electrons. The summed E-state index contributed by atoms with van der Waals surface area (Å²) in [6.07, 6.45) is 4.48. The quantitative estimate of drug-likeness (QED) is 0.892. The van der Waals surface area contributed by atoms with Gasteiger partial charge in [0.25, 0.3) is 0 Å². The first-order valence-corrected chi connectivity index (χ1v) is 8.97. The number of benzene rings is 1. The molecule has 1 N–H and O–H groups in total. The van der Waals surface area contributed by atoms with Crippen LogP contribution < -0.4 is 5.32 Å². The van der Waals surface area contributed by atoms with Crippen molar-refractivity contribution in [2.75, 3.05) is 19.8 Å². The summed E-state index contributed by atoms with van der Waals surface area (Å²) in [6.45, 7) is 3.05. The van der Waals surface area contributed by atoms with Gasteiger partial charge in [0.2, 0.25) is 5.91 Å². The van der Waals surface area contributed by atoms with Crippen LogP contribution in [0, 0.1) is 0 Å². The summed E-state index contributed by atoms with van der Waals surface area (Å²) in [6, 6.07) is 8.02. The van der Waals surface area contributed by atoms with Gasteiger partial charge in [-0.3, -0.25) is 9.00 Å². The minimum Gasteiger partial charge on any atom is -0.339 e. The van der Waals surface area contributed by atoms with Gasteiger partial charge in [0.05, 0.1) is 6.04 Å². The molecular formula is C16H25ClN2O2S. The van der Waals surface area contributed by atoms with E-state index in [9.17, 15) is 9.00 Å². The van der Waals surface area contributed by atoms with Crippen molar-refractivity contribution in [3.63, 3.8) is 0 Å². The number of amides is 1. The summed E-state index contributed by atoms with van der Waals surface area (Å²) in [5.74, 6) is 0.171. The van der Waals surface area contributed by atoms with Crippen LogP contribution in [-0.2, 0) is 15.6 Å². The van der Waals surface area contributed by atoms with Gasteiger partial charge in [-0.1, -0.05) is 12.1 Å². The van der Waals surface area contributed by atoms with Crippen LogP contribution in [0.4, 0.5) is 0 Å². The van der Waals surface area contributed by atoms with E-state index < -0.39 is 10.8 Å². The van der Waals surface area contributed by atoms with Crippen LogP contribution in [0.15, 0.2) is 29.2 Å². The molecule has 4 nitrogen and oxygen atoms in total. The molecule has 1 saturated heterocycles. The summed E-state index contributed by atoms with van der Waals surface area (Å²) >= 11 is 0. The highest BCUT2D eigenvalue weighted by molar-refractivity contribution is 7.84. The monoisotopic (exact) mass is 344 g/mol. The fourth-order valence-corrected chi connectivity index (χ4v) is 3.18. The summed E-state index contributed by atoms with van der Waals surface area (Å²) in [5, 5.41) is 3.36. The largest absolute Gasteiger partial charge is 0.339 e. The molecule has 2 rings (SSSR count). The summed E-state index contributed by atoms with van der Waals surface area (Å²) < 4.78 is 11.4. The Kier molecular flexibility index (Phi) is 7.53. The Labute approximate surface area is 141 Å². The highest BCUT2D eigenvalue weighted by Crippen LogP contribution is 2.22. The Hall–Kier alpha value is -0.910. The number of hydrogen-bond donors (Lipinski definition) is 1. The van der Waals surface area contributed by atoms with Crippen molar-refractivity contribution in [3.05, 3.63) is 29.8 Å². The fraction of sp³-hybridized carbons (Fsp3) is 0.562. The van der Waals surface area contributed by atoms with Crippen molar-refractivity contribution in [1.29, 1.82) is 0 Å². The van der Waals surface area contributed by atoms with Gasteiger partial charge >= 0.3 is 0 Å². The van der Waals surface area contributed by atoms with E-state index in [0.29, 0.717) is 12.5 Å². The number of nitrogens with zero attached hydrogens (tertiary/aromatic N) is 1. The second kappa shape index (κ2) is 8.65. The van der Waals surface area contributed by atoms with Crippen LogP contribution in [0.25, 0.3) is 0 Å². The molecule has 1 aliphatic heterocycles. The Morgan fingerprint density at radius 2 is 2.05 bits per heavy atom. The lowest BCUT2D eigenvalue weighted by Crippen LogP contribution is -2.34. The van der Waals surface area contributed by atoms with Crippen LogP contribution in [-0.4, -0.2) is 40.9 Å². The molecule has 1 amide bonds. The number of carbonyl (C=O) groups is 1. The van der Waals surface area contributed by atoms with Crippen LogP contribution in [0.3, 0.4) is 0 Å². The lowest BCUT2D eigenvalue weighted by atomic mass is 10.1. The lowest BCUT2D eigenvalue weighted by Gasteiger charge is -2.26. The van der Waals surface area contributed by atoms with Gasteiger partial charge in [0.1, 0.15) is 0 Å². The molecule has 1 aromatic rings. The van der Waals surface area contributed by atoms with Gasteiger partial charge in [0, 0.05) is 41.5 Å². The molecule has 1 fully saturated rings. The third-order valence-corrected chi connectivity index (χ3v) is 5.19. The smallest absolute Gasteiger partial charge is 0.224 e. The maximum absolute atomic E-state index is 12.3. The molecule has 0 saturated carbocycles. The fourth-order valence-electron chi connectivity index (χ4n) is 2.66. The highest BCUT2D eigenvalue weighted by atomic mass is 35.5. The van der Waals surface area contributed by atoms with Gasteiger partial charge < -0.3 is 10.2 Å². The van der Waals surface area contributed by atoms with Crippen molar-refractivity contribution in [3.8, 4) is 0 Å². The van der Waals surface area contributed by atoms with E-state index >= 15 is 0 Å². The number of rotatable bonds is 5. The highest BCUT2D eigenvalue weighted by Gasteiger charge is 2.23. The van der Waals surface area contributed by atoms with Gasteiger partial charge in [-0.2, -0.15) is 0 Å². The number of halogens is 1. The van der Waals surface area contributed by atoms with E-state index in [1.54, 1.807) is 11.2 Å². The summed E-state index contributed by atoms with van der Waals surface area (Å²) in [4.78, 5) is 14.9. The average molecular weight is 345 g/mol. The van der Waals surface area contributed by atoms with Gasteiger partial charge in [-0.05, 0) is 44.0 Å². The van der Waals surface area contributed by atoms with E-state index in [1.807, 2.05) is 38.2 Å². The van der Waals surface area contributed by atoms with Crippen molar-refractivity contribution in [1.82, 2.24) is 10.2 Å². The minimum absolute atomic E-state index is 0. The molecule has 1 heterocycles. The molecule has 6 heteroatoms. The molecule has 0 radical (unpaired) electrons. The van der Waals surface area contributed by atoms with Crippen molar-refractivity contribution < 1.29 is 9.00 Å². The van der Waals surface area contributed by atoms with E-state index in [-0.39, 0.29) is 24.4 Å². The van der Waals surface area contributed by atoms with E-state index in [4.69, 9.17) is 0 Å². The van der Waals surface area contributed by atoms with E-state index in [2.05, 4.69) is 5.32 Å². The Morgan fingerprint density at radius 1 is 1.41 bits per heavy atom. The van der Waals surface area contributed by atoms with Crippen molar-refractivity contribution in [2.45, 2.75) is 43.2 Å². The van der Waals surface area contributed by atoms with Gasteiger partial charge in [-0.15, -0.1) is 12.4 Å². The third kappa shape index (κ3) is 4.80. The zero-order valence-corrected chi connectivity index (χ0v) is 15.0. The van der Waals surface area contributed by atoms with Crippen LogP contribution in [0.2, 0.25) is 0 Å². The standard InChI is InChI=1S/C16H24N2O2S.ClH/c1-12(13-6-8-15(9-7-13)21(3)20)18(2)16(19)11-14-5-4-10-17-14;/h6-9,12,14,17H,4-5,10-11H2,1-3H3;1H. The van der Waals surface area contributed by atoms with Crippen LogP contribution >= 0.6 is 12.4 Å². The zero-order chi connectivity index (χ0) is 15.4. The Bertz CT molecular complexity index is 515. The summed E-state index contributed by atoms with van der Waals surface area (Å²) in [7, 11) is 0.893. The first kappa shape index (κ1) is 19.1. The second-order valence-corrected chi connectivity index (χ2v) is 7.08. The van der Waals surface area contributed by atoms with E-state index in [1.165, 1.54) is 0 Å². The Balaban J connectivity index is 0.00000242. The summed E-state index contributed by atoms with van der Waals surface area (Å²) in [5.41, 5.74) is 1.07. The maximum atomic E-state index is 12.3. The van der Waals surface area contributed by atoms with Gasteiger partial charge in [0.15, 0.2) is 0 Å². The molecular weight excluding hydrogens is 320 g/mol. The molecule has 0 bridgehead atoms. The Morgan fingerprint density at radius 3 is 2.55 bits per heavy atom. The maximum Gasteiger partial charge on any atom is 0.224 e. The molecule has 1 aliphatic rings. The molecule has 3 unspecified atom stereocenters. The average Bonchev–Trinajstić information content (AvgIpc) is 2.98. The number of hydrogen-bond acceptors (Lipinski definition) is 3. The molecule has 22 heavy (non-hydrogen) atoms. The second-order valence-electron chi connectivity index (χ2n) is 5.70. The predicted molar refractivity (Wildman–Crippen MR) is 92.8 cm³/mol. The number of carbonyl (C=O) groups excluding carboxylic acids is 1. The first-order chi connectivity index (χ1) is 9.99. The number of nitrogens with one attached hydrogen (secondary N) is 1. The zero-order valence-electron chi connectivity index (χ0n) is 13.4. The minimum atomic E-state index is -0.962. The van der Waals surface area contributed by atoms with Crippen molar-refractivity contribution >= 4 is 29.1 Å². The topological polar surface area (TPSA) is 49.4 Å². The van der Waals surface area contributed by atoms with E-state index in [0.717, 1.165) is 29.8 Å².